The number of likely N-dealkylation sites (tertiary alicyclic amines) is 1. The highest BCUT2D eigenvalue weighted by molar-refractivity contribution is 5.80. The van der Waals surface area contributed by atoms with Gasteiger partial charge in [-0.3, -0.25) is 9.69 Å². The minimum Gasteiger partial charge on any atom is -0.491 e. The normalized spacial score (nSPS) is 20.4. The fourth-order valence-electron chi connectivity index (χ4n) is 2.74. The van der Waals surface area contributed by atoms with E-state index in [0.29, 0.717) is 6.54 Å². The van der Waals surface area contributed by atoms with Gasteiger partial charge < -0.3 is 15.6 Å². The average molecular weight is 292 g/mol. The van der Waals surface area contributed by atoms with Gasteiger partial charge in [-0.25, -0.2) is 0 Å². The van der Waals surface area contributed by atoms with Gasteiger partial charge in [0.1, 0.15) is 18.5 Å². The van der Waals surface area contributed by atoms with Crippen LogP contribution in [0.3, 0.4) is 0 Å². The summed E-state index contributed by atoms with van der Waals surface area (Å²) in [5.41, 5.74) is 7.54. The second-order valence-corrected chi connectivity index (χ2v) is 5.79. The van der Waals surface area contributed by atoms with Crippen LogP contribution >= 0.6 is 0 Å². The van der Waals surface area contributed by atoms with Crippen LogP contribution in [0.25, 0.3) is 0 Å². The van der Waals surface area contributed by atoms with E-state index in [1.54, 1.807) is 0 Å². The van der Waals surface area contributed by atoms with Gasteiger partial charge in [0.05, 0.1) is 6.04 Å². The topological polar surface area (TPSA) is 75.8 Å². The number of aryl methyl sites for hydroxylation is 2. The number of amides is 1. The number of ether oxygens (including phenoxy) is 1. The second-order valence-electron chi connectivity index (χ2n) is 5.79. The standard InChI is InChI=1S/C16H24N2O3/c1-11-5-6-12(2)15(8-11)21-10-13(19)9-18-7-3-4-14(18)16(17)20/h5-6,8,13-14,19H,3-4,7,9-10H2,1-2H3,(H2,17,20). The molecule has 1 saturated heterocycles. The Kier molecular flexibility index (Phi) is 5.20. The molecule has 2 atom stereocenters. The third-order valence-corrected chi connectivity index (χ3v) is 3.91. The zero-order valence-corrected chi connectivity index (χ0v) is 12.7. The Morgan fingerprint density at radius 3 is 3.00 bits per heavy atom. The van der Waals surface area contributed by atoms with Crippen molar-refractivity contribution < 1.29 is 14.6 Å². The van der Waals surface area contributed by atoms with Gasteiger partial charge in [-0.15, -0.1) is 0 Å². The summed E-state index contributed by atoms with van der Waals surface area (Å²) >= 11 is 0. The van der Waals surface area contributed by atoms with E-state index in [1.165, 1.54) is 0 Å². The Labute approximate surface area is 125 Å². The molecule has 3 N–H and O–H groups in total. The second kappa shape index (κ2) is 6.91. The van der Waals surface area contributed by atoms with Gasteiger partial charge in [0, 0.05) is 6.54 Å². The molecule has 1 aromatic rings. The van der Waals surface area contributed by atoms with Gasteiger partial charge >= 0.3 is 0 Å². The van der Waals surface area contributed by atoms with E-state index in [2.05, 4.69) is 0 Å². The van der Waals surface area contributed by atoms with Crippen LogP contribution < -0.4 is 10.5 Å². The summed E-state index contributed by atoms with van der Waals surface area (Å²) in [4.78, 5) is 13.3. The summed E-state index contributed by atoms with van der Waals surface area (Å²) in [5, 5.41) is 10.1. The summed E-state index contributed by atoms with van der Waals surface area (Å²) in [5.74, 6) is 0.483. The monoisotopic (exact) mass is 292 g/mol. The Morgan fingerprint density at radius 2 is 2.29 bits per heavy atom. The number of hydrogen-bond acceptors (Lipinski definition) is 4. The number of carbonyl (C=O) groups is 1. The van der Waals surface area contributed by atoms with Crippen molar-refractivity contribution in [3.05, 3.63) is 29.3 Å². The number of nitrogens with zero attached hydrogens (tertiary/aromatic N) is 1. The number of nitrogens with two attached hydrogens (primary N) is 1. The molecule has 1 amide bonds. The van der Waals surface area contributed by atoms with Gasteiger partial charge in [-0.05, 0) is 50.4 Å². The summed E-state index contributed by atoms with van der Waals surface area (Å²) in [6.45, 7) is 5.41. The average Bonchev–Trinajstić information content (AvgIpc) is 2.88. The quantitative estimate of drug-likeness (QED) is 0.820. The van der Waals surface area contributed by atoms with Crippen molar-refractivity contribution in [3.8, 4) is 5.75 Å². The van der Waals surface area contributed by atoms with Gasteiger partial charge in [0.2, 0.25) is 5.91 Å². The molecule has 0 saturated carbocycles. The molecule has 5 heteroatoms. The van der Waals surface area contributed by atoms with E-state index >= 15 is 0 Å². The molecule has 2 rings (SSSR count). The van der Waals surface area contributed by atoms with Crippen LogP contribution in [0.5, 0.6) is 5.75 Å². The first-order chi connectivity index (χ1) is 9.97. The van der Waals surface area contributed by atoms with Crippen LogP contribution in [0.15, 0.2) is 18.2 Å². The van der Waals surface area contributed by atoms with E-state index in [0.717, 1.165) is 36.3 Å². The fraction of sp³-hybridized carbons (Fsp3) is 0.562. The van der Waals surface area contributed by atoms with Gasteiger partial charge in [0.25, 0.3) is 0 Å². The smallest absolute Gasteiger partial charge is 0.234 e. The highest BCUT2D eigenvalue weighted by atomic mass is 16.5. The van der Waals surface area contributed by atoms with E-state index in [-0.39, 0.29) is 18.6 Å². The van der Waals surface area contributed by atoms with Crippen molar-refractivity contribution in [2.24, 2.45) is 5.73 Å². The lowest BCUT2D eigenvalue weighted by Crippen LogP contribution is -2.44. The lowest BCUT2D eigenvalue weighted by molar-refractivity contribution is -0.122. The Morgan fingerprint density at radius 1 is 1.52 bits per heavy atom. The van der Waals surface area contributed by atoms with Crippen LogP contribution in [0.1, 0.15) is 24.0 Å². The lowest BCUT2D eigenvalue weighted by Gasteiger charge is -2.24. The zero-order chi connectivity index (χ0) is 15.4. The summed E-state index contributed by atoms with van der Waals surface area (Å²) in [7, 11) is 0. The number of β-amino-alcohol motifs (C(OH)–C–C–N with tert-alkyl or cyclic N) is 1. The summed E-state index contributed by atoms with van der Waals surface area (Å²) < 4.78 is 5.69. The molecule has 116 valence electrons. The first-order valence-electron chi connectivity index (χ1n) is 7.39. The predicted molar refractivity (Wildman–Crippen MR) is 81.2 cm³/mol. The molecule has 0 aliphatic carbocycles. The predicted octanol–water partition coefficient (Wildman–Crippen LogP) is 0.993. The number of hydrogen-bond donors (Lipinski definition) is 2. The molecule has 1 aromatic carbocycles. The highest BCUT2D eigenvalue weighted by Crippen LogP contribution is 2.20. The molecule has 21 heavy (non-hydrogen) atoms. The third-order valence-electron chi connectivity index (χ3n) is 3.91. The molecule has 1 aliphatic heterocycles. The van der Waals surface area contributed by atoms with Crippen LogP contribution in [-0.2, 0) is 4.79 Å². The molecule has 0 spiro atoms. The molecule has 5 nitrogen and oxygen atoms in total. The van der Waals surface area contributed by atoms with E-state index in [4.69, 9.17) is 10.5 Å². The molecule has 1 fully saturated rings. The van der Waals surface area contributed by atoms with E-state index < -0.39 is 6.10 Å². The number of carbonyl (C=O) groups excluding carboxylic acids is 1. The maximum absolute atomic E-state index is 11.3. The van der Waals surface area contributed by atoms with Crippen molar-refractivity contribution in [2.45, 2.75) is 38.8 Å². The highest BCUT2D eigenvalue weighted by Gasteiger charge is 2.30. The van der Waals surface area contributed by atoms with Gasteiger partial charge in [-0.1, -0.05) is 12.1 Å². The Balaban J connectivity index is 1.86. The molecule has 0 bridgehead atoms. The van der Waals surface area contributed by atoms with Gasteiger partial charge in [-0.2, -0.15) is 0 Å². The molecule has 1 aliphatic rings. The first-order valence-corrected chi connectivity index (χ1v) is 7.39. The van der Waals surface area contributed by atoms with Crippen molar-refractivity contribution in [3.63, 3.8) is 0 Å². The van der Waals surface area contributed by atoms with Crippen molar-refractivity contribution in [2.75, 3.05) is 19.7 Å². The zero-order valence-electron chi connectivity index (χ0n) is 12.7. The first kappa shape index (κ1) is 15.8. The van der Waals surface area contributed by atoms with Crippen molar-refractivity contribution >= 4 is 5.91 Å². The molecule has 0 aromatic heterocycles. The van der Waals surface area contributed by atoms with Crippen molar-refractivity contribution in [1.29, 1.82) is 0 Å². The minimum atomic E-state index is -0.634. The molecule has 1 heterocycles. The third kappa shape index (κ3) is 4.19. The minimum absolute atomic E-state index is 0.215. The Bertz CT molecular complexity index is 504. The number of aliphatic hydroxyl groups excluding tert-OH is 1. The maximum Gasteiger partial charge on any atom is 0.234 e. The largest absolute Gasteiger partial charge is 0.491 e. The van der Waals surface area contributed by atoms with Crippen LogP contribution in [0.4, 0.5) is 0 Å². The number of aliphatic hydroxyl groups is 1. The number of primary amides is 1. The molecule has 2 unspecified atom stereocenters. The SMILES string of the molecule is Cc1ccc(C)c(OCC(O)CN2CCCC2C(N)=O)c1. The van der Waals surface area contributed by atoms with E-state index in [1.807, 2.05) is 36.9 Å². The van der Waals surface area contributed by atoms with Crippen LogP contribution in [0.2, 0.25) is 0 Å². The molecular formula is C16H24N2O3. The Hall–Kier alpha value is -1.59. The fourth-order valence-corrected chi connectivity index (χ4v) is 2.74. The molecule has 0 radical (unpaired) electrons. The van der Waals surface area contributed by atoms with Crippen LogP contribution in [-0.4, -0.2) is 47.8 Å². The number of rotatable bonds is 6. The molecular weight excluding hydrogens is 268 g/mol. The summed E-state index contributed by atoms with van der Waals surface area (Å²) in [6.07, 6.45) is 1.09. The van der Waals surface area contributed by atoms with Crippen molar-refractivity contribution in [1.82, 2.24) is 4.90 Å². The lowest BCUT2D eigenvalue weighted by atomic mass is 10.1. The van der Waals surface area contributed by atoms with E-state index in [9.17, 15) is 9.90 Å². The van der Waals surface area contributed by atoms with Gasteiger partial charge in [0.15, 0.2) is 0 Å². The maximum atomic E-state index is 11.3. The van der Waals surface area contributed by atoms with Crippen LogP contribution in [0, 0.1) is 13.8 Å². The summed E-state index contributed by atoms with van der Waals surface area (Å²) in [6, 6.07) is 5.74. The number of benzene rings is 1.